The number of halogens is 3. The zero-order valence-corrected chi connectivity index (χ0v) is 11.7. The molecule has 0 N–H and O–H groups in total. The molecule has 0 aromatic carbocycles. The summed E-state index contributed by atoms with van der Waals surface area (Å²) in [5.41, 5.74) is -0.751. The van der Waals surface area contributed by atoms with E-state index in [4.69, 9.17) is 4.74 Å². The number of rotatable bonds is 3. The standard InChI is InChI=1S/C14H11F3N4O2/c15-14(16,17)10-2-1-3-20-12(10)23-9-7-21(8-9)13(22)11-6-18-4-5-19-11/h1-6,9H,7-8H2. The Balaban J connectivity index is 1.62. The lowest BCUT2D eigenvalue weighted by atomic mass is 10.1. The number of alkyl halides is 3. The molecule has 0 aliphatic carbocycles. The molecular formula is C14H11F3N4O2. The minimum absolute atomic E-state index is 0.170. The van der Waals surface area contributed by atoms with Crippen LogP contribution >= 0.6 is 0 Å². The third kappa shape index (κ3) is 3.22. The number of hydrogen-bond donors (Lipinski definition) is 0. The topological polar surface area (TPSA) is 68.2 Å². The average molecular weight is 324 g/mol. The second kappa shape index (κ2) is 5.82. The van der Waals surface area contributed by atoms with Crippen LogP contribution in [-0.4, -0.2) is 45.0 Å². The highest BCUT2D eigenvalue weighted by atomic mass is 19.4. The molecule has 120 valence electrons. The first-order valence-corrected chi connectivity index (χ1v) is 6.69. The largest absolute Gasteiger partial charge is 0.470 e. The van der Waals surface area contributed by atoms with Gasteiger partial charge in [-0.25, -0.2) is 9.97 Å². The van der Waals surface area contributed by atoms with Gasteiger partial charge in [0.05, 0.1) is 19.3 Å². The molecule has 2 aromatic rings. The highest BCUT2D eigenvalue weighted by Gasteiger charge is 2.38. The van der Waals surface area contributed by atoms with Crippen LogP contribution in [0, 0.1) is 0 Å². The number of pyridine rings is 1. The Hall–Kier alpha value is -2.71. The van der Waals surface area contributed by atoms with Gasteiger partial charge in [0.25, 0.3) is 5.91 Å². The van der Waals surface area contributed by atoms with Crippen molar-refractivity contribution in [3.05, 3.63) is 48.2 Å². The molecule has 0 spiro atoms. The first-order chi connectivity index (χ1) is 10.9. The van der Waals surface area contributed by atoms with E-state index in [0.717, 1.165) is 6.07 Å². The third-order valence-electron chi connectivity index (χ3n) is 3.27. The minimum atomic E-state index is -4.54. The Kier molecular flexibility index (Phi) is 3.85. The van der Waals surface area contributed by atoms with Gasteiger partial charge in [0.2, 0.25) is 5.88 Å². The van der Waals surface area contributed by atoms with Crippen LogP contribution in [0.1, 0.15) is 16.1 Å². The summed E-state index contributed by atoms with van der Waals surface area (Å²) in [7, 11) is 0. The van der Waals surface area contributed by atoms with Crippen molar-refractivity contribution in [2.75, 3.05) is 13.1 Å². The van der Waals surface area contributed by atoms with E-state index < -0.39 is 23.7 Å². The molecule has 2 aromatic heterocycles. The Labute approximate surface area is 128 Å². The minimum Gasteiger partial charge on any atom is -0.470 e. The summed E-state index contributed by atoms with van der Waals surface area (Å²) in [6.45, 7) is 0.340. The maximum atomic E-state index is 12.8. The van der Waals surface area contributed by atoms with Crippen molar-refractivity contribution in [3.8, 4) is 5.88 Å². The molecule has 1 amide bonds. The number of ether oxygens (including phenoxy) is 1. The lowest BCUT2D eigenvalue weighted by Crippen LogP contribution is -2.56. The fourth-order valence-corrected chi connectivity index (χ4v) is 2.11. The summed E-state index contributed by atoms with van der Waals surface area (Å²) in [5, 5.41) is 0. The maximum Gasteiger partial charge on any atom is 0.421 e. The summed E-state index contributed by atoms with van der Waals surface area (Å²) < 4.78 is 43.8. The number of carbonyl (C=O) groups is 1. The monoisotopic (exact) mass is 324 g/mol. The van der Waals surface area contributed by atoms with Gasteiger partial charge in [-0.15, -0.1) is 0 Å². The second-order valence-corrected chi connectivity index (χ2v) is 4.89. The van der Waals surface area contributed by atoms with Gasteiger partial charge in [0.15, 0.2) is 0 Å². The van der Waals surface area contributed by atoms with Crippen LogP contribution in [-0.2, 0) is 6.18 Å². The van der Waals surface area contributed by atoms with Gasteiger partial charge in [-0.1, -0.05) is 0 Å². The number of likely N-dealkylation sites (tertiary alicyclic amines) is 1. The fraction of sp³-hybridized carbons (Fsp3) is 0.286. The smallest absolute Gasteiger partial charge is 0.421 e. The highest BCUT2D eigenvalue weighted by Crippen LogP contribution is 2.35. The van der Waals surface area contributed by atoms with E-state index in [9.17, 15) is 18.0 Å². The summed E-state index contributed by atoms with van der Waals surface area (Å²) in [4.78, 5) is 24.7. The fourth-order valence-electron chi connectivity index (χ4n) is 2.11. The van der Waals surface area contributed by atoms with Crippen LogP contribution in [0.4, 0.5) is 13.2 Å². The van der Waals surface area contributed by atoms with Gasteiger partial charge in [-0.2, -0.15) is 13.2 Å². The van der Waals surface area contributed by atoms with Crippen LogP contribution in [0.2, 0.25) is 0 Å². The van der Waals surface area contributed by atoms with Gasteiger partial charge in [0.1, 0.15) is 17.4 Å². The zero-order chi connectivity index (χ0) is 16.4. The van der Waals surface area contributed by atoms with Crippen molar-refractivity contribution in [2.45, 2.75) is 12.3 Å². The SMILES string of the molecule is O=C(c1cnccn1)N1CC(Oc2ncccc2C(F)(F)F)C1. The second-order valence-electron chi connectivity index (χ2n) is 4.89. The lowest BCUT2D eigenvalue weighted by molar-refractivity contribution is -0.140. The molecule has 3 rings (SSSR count). The Bertz CT molecular complexity index is 703. The number of aromatic nitrogens is 3. The predicted octanol–water partition coefficient (Wildman–Crippen LogP) is 1.79. The third-order valence-corrected chi connectivity index (χ3v) is 3.27. The number of amides is 1. The molecule has 0 unspecified atom stereocenters. The van der Waals surface area contributed by atoms with Gasteiger partial charge in [0, 0.05) is 18.6 Å². The van der Waals surface area contributed by atoms with Crippen LogP contribution < -0.4 is 4.74 Å². The summed E-state index contributed by atoms with van der Waals surface area (Å²) >= 11 is 0. The summed E-state index contributed by atoms with van der Waals surface area (Å²) in [6.07, 6.45) is 0.320. The molecule has 1 aliphatic heterocycles. The molecule has 0 radical (unpaired) electrons. The summed E-state index contributed by atoms with van der Waals surface area (Å²) in [5.74, 6) is -0.813. The van der Waals surface area contributed by atoms with E-state index in [1.54, 1.807) is 0 Å². The van der Waals surface area contributed by atoms with Crippen LogP contribution in [0.25, 0.3) is 0 Å². The number of carbonyl (C=O) groups excluding carboxylic acids is 1. The van der Waals surface area contributed by atoms with Gasteiger partial charge in [-0.3, -0.25) is 9.78 Å². The molecule has 1 aliphatic rings. The van der Waals surface area contributed by atoms with E-state index in [1.165, 1.54) is 35.8 Å². The van der Waals surface area contributed by atoms with Crippen molar-refractivity contribution in [1.82, 2.24) is 19.9 Å². The predicted molar refractivity (Wildman–Crippen MR) is 71.6 cm³/mol. The maximum absolute atomic E-state index is 12.8. The molecule has 1 saturated heterocycles. The van der Waals surface area contributed by atoms with E-state index in [1.807, 2.05) is 0 Å². The molecular weight excluding hydrogens is 313 g/mol. The van der Waals surface area contributed by atoms with Crippen LogP contribution in [0.3, 0.4) is 0 Å². The van der Waals surface area contributed by atoms with Crippen molar-refractivity contribution in [3.63, 3.8) is 0 Å². The molecule has 0 atom stereocenters. The van der Waals surface area contributed by atoms with Crippen LogP contribution in [0.15, 0.2) is 36.9 Å². The first-order valence-electron chi connectivity index (χ1n) is 6.69. The Morgan fingerprint density at radius 3 is 2.65 bits per heavy atom. The average Bonchev–Trinajstić information content (AvgIpc) is 2.50. The highest BCUT2D eigenvalue weighted by molar-refractivity contribution is 5.92. The Morgan fingerprint density at radius 1 is 1.22 bits per heavy atom. The molecule has 9 heteroatoms. The summed E-state index contributed by atoms with van der Waals surface area (Å²) in [6, 6.07) is 2.10. The zero-order valence-electron chi connectivity index (χ0n) is 11.7. The van der Waals surface area contributed by atoms with Gasteiger partial charge >= 0.3 is 6.18 Å². The van der Waals surface area contributed by atoms with E-state index in [-0.39, 0.29) is 24.7 Å². The van der Waals surface area contributed by atoms with E-state index in [0.29, 0.717) is 0 Å². The van der Waals surface area contributed by atoms with Crippen molar-refractivity contribution in [1.29, 1.82) is 0 Å². The quantitative estimate of drug-likeness (QED) is 0.861. The molecule has 0 bridgehead atoms. The number of nitrogens with zero attached hydrogens (tertiary/aromatic N) is 4. The molecule has 6 nitrogen and oxygen atoms in total. The van der Waals surface area contributed by atoms with Crippen molar-refractivity contribution >= 4 is 5.91 Å². The van der Waals surface area contributed by atoms with Gasteiger partial charge in [-0.05, 0) is 12.1 Å². The normalized spacial score (nSPS) is 15.2. The molecule has 0 saturated carbocycles. The first kappa shape index (κ1) is 15.2. The van der Waals surface area contributed by atoms with E-state index in [2.05, 4.69) is 15.0 Å². The molecule has 23 heavy (non-hydrogen) atoms. The molecule has 1 fully saturated rings. The van der Waals surface area contributed by atoms with E-state index >= 15 is 0 Å². The lowest BCUT2D eigenvalue weighted by Gasteiger charge is -2.38. The van der Waals surface area contributed by atoms with Crippen molar-refractivity contribution in [2.24, 2.45) is 0 Å². The number of hydrogen-bond acceptors (Lipinski definition) is 5. The molecule has 3 heterocycles. The van der Waals surface area contributed by atoms with Crippen LogP contribution in [0.5, 0.6) is 5.88 Å². The van der Waals surface area contributed by atoms with Gasteiger partial charge < -0.3 is 9.64 Å². The Morgan fingerprint density at radius 2 is 2.00 bits per heavy atom. The van der Waals surface area contributed by atoms with Crippen molar-refractivity contribution < 1.29 is 22.7 Å².